The molecule has 0 aliphatic heterocycles. The van der Waals surface area contributed by atoms with E-state index in [-0.39, 0.29) is 5.41 Å². The van der Waals surface area contributed by atoms with Gasteiger partial charge in [0.05, 0.1) is 18.6 Å². The van der Waals surface area contributed by atoms with E-state index in [2.05, 4.69) is 50.2 Å². The van der Waals surface area contributed by atoms with Crippen molar-refractivity contribution in [2.75, 3.05) is 27.4 Å². The Morgan fingerprint density at radius 1 is 0.720 bits per heavy atom. The lowest BCUT2D eigenvalue weighted by atomic mass is 9.78. The van der Waals surface area contributed by atoms with Gasteiger partial charge in [-0.25, -0.2) is 0 Å². The summed E-state index contributed by atoms with van der Waals surface area (Å²) in [7, 11) is 3.59. The predicted molar refractivity (Wildman–Crippen MR) is 104 cm³/mol. The van der Waals surface area contributed by atoms with E-state index in [4.69, 9.17) is 9.47 Å². The fourth-order valence-corrected chi connectivity index (χ4v) is 4.32. The van der Waals surface area contributed by atoms with Crippen LogP contribution in [0, 0.1) is 0 Å². The summed E-state index contributed by atoms with van der Waals surface area (Å²) in [4.78, 5) is 0. The number of fused-ring (bicyclic) bond motifs is 3. The summed E-state index contributed by atoms with van der Waals surface area (Å²) in [6, 6.07) is 13.9. The molecule has 25 heavy (non-hydrogen) atoms. The molecule has 1 aliphatic rings. The molecule has 2 nitrogen and oxygen atoms in total. The summed E-state index contributed by atoms with van der Waals surface area (Å²) < 4.78 is 11.4. The van der Waals surface area contributed by atoms with Crippen LogP contribution in [-0.4, -0.2) is 27.4 Å². The molecule has 0 saturated carbocycles. The van der Waals surface area contributed by atoms with Crippen LogP contribution in [0.3, 0.4) is 0 Å². The SMILES string of the molecule is CCCc1ccc2c(c1)C(COC)(COC)c1cc(CCC)ccc1-2. The van der Waals surface area contributed by atoms with Gasteiger partial charge in [-0.2, -0.15) is 0 Å². The summed E-state index contributed by atoms with van der Waals surface area (Å²) >= 11 is 0. The zero-order valence-corrected chi connectivity index (χ0v) is 16.0. The number of ether oxygens (including phenoxy) is 2. The minimum absolute atomic E-state index is 0.207. The van der Waals surface area contributed by atoms with E-state index in [1.165, 1.54) is 33.4 Å². The van der Waals surface area contributed by atoms with E-state index < -0.39 is 0 Å². The molecule has 0 atom stereocenters. The van der Waals surface area contributed by atoms with Gasteiger partial charge in [0.15, 0.2) is 0 Å². The van der Waals surface area contributed by atoms with Crippen LogP contribution in [0.5, 0.6) is 0 Å². The standard InChI is InChI=1S/C23H30O2/c1-5-7-17-9-11-19-20-12-10-18(8-6-2)14-22(20)23(15-24-3,16-25-4)21(19)13-17/h9-14H,5-8,15-16H2,1-4H3. The maximum absolute atomic E-state index is 5.72. The molecule has 2 aromatic carbocycles. The smallest absolute Gasteiger partial charge is 0.0681 e. The monoisotopic (exact) mass is 338 g/mol. The second-order valence-corrected chi connectivity index (χ2v) is 7.21. The van der Waals surface area contributed by atoms with Gasteiger partial charge >= 0.3 is 0 Å². The molecule has 0 fully saturated rings. The van der Waals surface area contributed by atoms with E-state index >= 15 is 0 Å². The van der Waals surface area contributed by atoms with Gasteiger partial charge in [-0.15, -0.1) is 0 Å². The van der Waals surface area contributed by atoms with E-state index in [9.17, 15) is 0 Å². The molecule has 0 unspecified atom stereocenters. The van der Waals surface area contributed by atoms with Crippen LogP contribution < -0.4 is 0 Å². The molecule has 0 bridgehead atoms. The normalized spacial score (nSPS) is 14.4. The summed E-state index contributed by atoms with van der Waals surface area (Å²) in [5.41, 5.74) is 8.01. The van der Waals surface area contributed by atoms with Gasteiger partial charge in [-0.3, -0.25) is 0 Å². The summed E-state index contributed by atoms with van der Waals surface area (Å²) in [6.07, 6.45) is 4.55. The molecule has 2 heteroatoms. The van der Waals surface area contributed by atoms with E-state index in [0.29, 0.717) is 13.2 Å². The number of benzene rings is 2. The Balaban J connectivity index is 2.21. The first kappa shape index (κ1) is 18.2. The highest BCUT2D eigenvalue weighted by atomic mass is 16.5. The zero-order valence-electron chi connectivity index (χ0n) is 16.0. The number of hydrogen-bond donors (Lipinski definition) is 0. The van der Waals surface area contributed by atoms with Crippen LogP contribution in [0.1, 0.15) is 48.9 Å². The molecule has 0 amide bonds. The van der Waals surface area contributed by atoms with Crippen molar-refractivity contribution in [3.05, 3.63) is 58.7 Å². The second kappa shape index (κ2) is 7.72. The van der Waals surface area contributed by atoms with E-state index in [1.807, 2.05) is 0 Å². The first-order valence-corrected chi connectivity index (χ1v) is 9.45. The molecule has 3 rings (SSSR count). The predicted octanol–water partition coefficient (Wildman–Crippen LogP) is 5.15. The highest BCUT2D eigenvalue weighted by Crippen LogP contribution is 2.50. The maximum atomic E-state index is 5.72. The average Bonchev–Trinajstić information content (AvgIpc) is 2.86. The van der Waals surface area contributed by atoms with E-state index in [0.717, 1.165) is 25.7 Å². The molecule has 134 valence electrons. The second-order valence-electron chi connectivity index (χ2n) is 7.21. The molecule has 1 aliphatic carbocycles. The molecule has 0 radical (unpaired) electrons. The van der Waals surface area contributed by atoms with Gasteiger partial charge in [0.1, 0.15) is 0 Å². The third-order valence-electron chi connectivity index (χ3n) is 5.35. The minimum atomic E-state index is -0.207. The fraction of sp³-hybridized carbons (Fsp3) is 0.478. The average molecular weight is 338 g/mol. The molecule has 0 spiro atoms. The third kappa shape index (κ3) is 3.14. The van der Waals surface area contributed by atoms with Crippen molar-refractivity contribution < 1.29 is 9.47 Å². The summed E-state index contributed by atoms with van der Waals surface area (Å²) in [5, 5.41) is 0. The first-order valence-electron chi connectivity index (χ1n) is 9.45. The van der Waals surface area contributed by atoms with Crippen LogP contribution in [0.4, 0.5) is 0 Å². The highest BCUT2D eigenvalue weighted by molar-refractivity contribution is 5.82. The van der Waals surface area contributed by atoms with E-state index in [1.54, 1.807) is 14.2 Å². The van der Waals surface area contributed by atoms with Crippen molar-refractivity contribution in [1.82, 2.24) is 0 Å². The van der Waals surface area contributed by atoms with Crippen LogP contribution in [-0.2, 0) is 27.7 Å². The Morgan fingerprint density at radius 2 is 1.16 bits per heavy atom. The fourth-order valence-electron chi connectivity index (χ4n) is 4.32. The molecular weight excluding hydrogens is 308 g/mol. The van der Waals surface area contributed by atoms with Gasteiger partial charge in [0.25, 0.3) is 0 Å². The van der Waals surface area contributed by atoms with Gasteiger partial charge in [-0.1, -0.05) is 63.1 Å². The van der Waals surface area contributed by atoms with Gasteiger partial charge < -0.3 is 9.47 Å². The Hall–Kier alpha value is -1.64. The summed E-state index contributed by atoms with van der Waals surface area (Å²) in [5.74, 6) is 0. The molecule has 0 saturated heterocycles. The number of rotatable bonds is 8. The van der Waals surface area contributed by atoms with Crippen molar-refractivity contribution in [2.24, 2.45) is 0 Å². The van der Waals surface area contributed by atoms with Crippen molar-refractivity contribution in [3.8, 4) is 11.1 Å². The van der Waals surface area contributed by atoms with Crippen LogP contribution in [0.2, 0.25) is 0 Å². The number of aryl methyl sites for hydroxylation is 2. The Kier molecular flexibility index (Phi) is 5.61. The number of hydrogen-bond acceptors (Lipinski definition) is 2. The Bertz CT molecular complexity index is 669. The molecular formula is C23H30O2. The maximum Gasteiger partial charge on any atom is 0.0681 e. The quantitative estimate of drug-likeness (QED) is 0.662. The summed E-state index contributed by atoms with van der Waals surface area (Å²) in [6.45, 7) is 5.76. The molecule has 0 N–H and O–H groups in total. The largest absolute Gasteiger partial charge is 0.383 e. The lowest BCUT2D eigenvalue weighted by Gasteiger charge is -2.31. The van der Waals surface area contributed by atoms with Crippen LogP contribution >= 0.6 is 0 Å². The van der Waals surface area contributed by atoms with Crippen molar-refractivity contribution in [1.29, 1.82) is 0 Å². The minimum Gasteiger partial charge on any atom is -0.383 e. The van der Waals surface area contributed by atoms with Crippen molar-refractivity contribution in [2.45, 2.75) is 44.9 Å². The Labute approximate surface area is 152 Å². The Morgan fingerprint density at radius 3 is 1.52 bits per heavy atom. The topological polar surface area (TPSA) is 18.5 Å². The highest BCUT2D eigenvalue weighted by Gasteiger charge is 2.43. The van der Waals surface area contributed by atoms with Gasteiger partial charge in [-0.05, 0) is 46.2 Å². The van der Waals surface area contributed by atoms with Crippen molar-refractivity contribution in [3.63, 3.8) is 0 Å². The lowest BCUT2D eigenvalue weighted by Crippen LogP contribution is -2.36. The molecule has 0 aromatic heterocycles. The zero-order chi connectivity index (χ0) is 17.9. The van der Waals surface area contributed by atoms with Crippen molar-refractivity contribution >= 4 is 0 Å². The number of methoxy groups -OCH3 is 2. The van der Waals surface area contributed by atoms with Crippen LogP contribution in [0.25, 0.3) is 11.1 Å². The van der Waals surface area contributed by atoms with Gasteiger partial charge in [0.2, 0.25) is 0 Å². The lowest BCUT2D eigenvalue weighted by molar-refractivity contribution is 0.0814. The van der Waals surface area contributed by atoms with Crippen LogP contribution in [0.15, 0.2) is 36.4 Å². The first-order chi connectivity index (χ1) is 12.2. The molecule has 0 heterocycles. The van der Waals surface area contributed by atoms with Gasteiger partial charge in [0, 0.05) is 14.2 Å². The third-order valence-corrected chi connectivity index (χ3v) is 5.35. The molecule has 2 aromatic rings.